The number of pyridine rings is 1. The third-order valence-corrected chi connectivity index (χ3v) is 4.90. The number of halogens is 1. The molecule has 0 amide bonds. The molecule has 1 aromatic carbocycles. The summed E-state index contributed by atoms with van der Waals surface area (Å²) in [5, 5.41) is 6.70. The fourth-order valence-corrected chi connectivity index (χ4v) is 3.04. The molecule has 2 heterocycles. The van der Waals surface area contributed by atoms with Crippen molar-refractivity contribution in [1.29, 1.82) is 0 Å². The Kier molecular flexibility index (Phi) is 8.98. The van der Waals surface area contributed by atoms with Gasteiger partial charge in [0.15, 0.2) is 5.96 Å². The first-order valence-corrected chi connectivity index (χ1v) is 9.52. The highest BCUT2D eigenvalue weighted by atomic mass is 127. The molecule has 28 heavy (non-hydrogen) atoms. The van der Waals surface area contributed by atoms with Gasteiger partial charge in [-0.2, -0.15) is 0 Å². The van der Waals surface area contributed by atoms with Gasteiger partial charge < -0.3 is 20.4 Å². The van der Waals surface area contributed by atoms with Crippen molar-refractivity contribution in [1.82, 2.24) is 20.5 Å². The largest absolute Gasteiger partial charge is 0.354 e. The van der Waals surface area contributed by atoms with Gasteiger partial charge in [-0.1, -0.05) is 35.9 Å². The molecule has 0 unspecified atom stereocenters. The molecule has 7 heteroatoms. The van der Waals surface area contributed by atoms with Crippen LogP contribution in [0.3, 0.4) is 0 Å². The number of aliphatic imine (C=N–C) groups is 1. The van der Waals surface area contributed by atoms with Crippen molar-refractivity contribution in [3.8, 4) is 0 Å². The Balaban J connectivity index is 0.00000280. The lowest BCUT2D eigenvalue weighted by Gasteiger charge is -2.33. The zero-order valence-electron chi connectivity index (χ0n) is 17.0. The van der Waals surface area contributed by atoms with Crippen molar-refractivity contribution in [2.75, 3.05) is 45.2 Å². The molecule has 2 aromatic rings. The average molecular weight is 494 g/mol. The van der Waals surface area contributed by atoms with Crippen LogP contribution < -0.4 is 15.5 Å². The third kappa shape index (κ3) is 6.63. The predicted molar refractivity (Wildman–Crippen MR) is 128 cm³/mol. The predicted octanol–water partition coefficient (Wildman–Crippen LogP) is 2.63. The van der Waals surface area contributed by atoms with E-state index in [4.69, 9.17) is 0 Å². The summed E-state index contributed by atoms with van der Waals surface area (Å²) in [6, 6.07) is 12.8. The van der Waals surface area contributed by atoms with Crippen molar-refractivity contribution in [2.45, 2.75) is 20.0 Å². The Morgan fingerprint density at radius 3 is 2.14 bits per heavy atom. The van der Waals surface area contributed by atoms with Crippen molar-refractivity contribution < 1.29 is 0 Å². The number of rotatable bonds is 5. The third-order valence-electron chi connectivity index (χ3n) is 4.90. The monoisotopic (exact) mass is 494 g/mol. The molecule has 0 radical (unpaired) electrons. The summed E-state index contributed by atoms with van der Waals surface area (Å²) < 4.78 is 0. The zero-order chi connectivity index (χ0) is 19.1. The zero-order valence-corrected chi connectivity index (χ0v) is 19.3. The summed E-state index contributed by atoms with van der Waals surface area (Å²) in [6.45, 7) is 7.81. The minimum Gasteiger partial charge on any atom is -0.354 e. The van der Waals surface area contributed by atoms with Crippen molar-refractivity contribution >= 4 is 35.8 Å². The quantitative estimate of drug-likeness (QED) is 0.381. The maximum atomic E-state index is 4.64. The van der Waals surface area contributed by atoms with Gasteiger partial charge in [0.25, 0.3) is 0 Å². The Morgan fingerprint density at radius 2 is 1.57 bits per heavy atom. The summed E-state index contributed by atoms with van der Waals surface area (Å²) in [5.41, 5.74) is 3.65. The van der Waals surface area contributed by atoms with Crippen LogP contribution in [0, 0.1) is 6.92 Å². The topological polar surface area (TPSA) is 55.8 Å². The number of piperazine rings is 1. The number of nitrogens with zero attached hydrogens (tertiary/aromatic N) is 4. The second-order valence-electron chi connectivity index (χ2n) is 7.08. The number of hydrogen-bond donors (Lipinski definition) is 2. The van der Waals surface area contributed by atoms with Crippen LogP contribution in [0.2, 0.25) is 0 Å². The highest BCUT2D eigenvalue weighted by Crippen LogP contribution is 2.13. The van der Waals surface area contributed by atoms with Gasteiger partial charge in [0.2, 0.25) is 0 Å². The normalized spacial score (nSPS) is 15.1. The molecule has 0 saturated carbocycles. The van der Waals surface area contributed by atoms with Crippen LogP contribution in [0.1, 0.15) is 16.7 Å². The Hall–Kier alpha value is -1.87. The minimum absolute atomic E-state index is 0. The smallest absolute Gasteiger partial charge is 0.191 e. The van der Waals surface area contributed by atoms with Gasteiger partial charge >= 0.3 is 0 Å². The van der Waals surface area contributed by atoms with Gasteiger partial charge in [0.05, 0.1) is 0 Å². The SMILES string of the molecule is CN=C(NCc1ccc(C)cc1)NCc1ccc(N2CCN(C)CC2)nc1.I. The van der Waals surface area contributed by atoms with Crippen LogP contribution in [-0.2, 0) is 13.1 Å². The lowest BCUT2D eigenvalue weighted by atomic mass is 10.1. The van der Waals surface area contributed by atoms with E-state index in [0.29, 0.717) is 6.54 Å². The lowest BCUT2D eigenvalue weighted by Crippen LogP contribution is -2.44. The van der Waals surface area contributed by atoms with Gasteiger partial charge in [0, 0.05) is 52.5 Å². The number of aromatic nitrogens is 1. The molecule has 1 aromatic heterocycles. The van der Waals surface area contributed by atoms with Crippen molar-refractivity contribution in [2.24, 2.45) is 4.99 Å². The first-order chi connectivity index (χ1) is 13.1. The van der Waals surface area contributed by atoms with E-state index < -0.39 is 0 Å². The summed E-state index contributed by atoms with van der Waals surface area (Å²) in [7, 11) is 3.96. The number of anilines is 1. The molecule has 1 aliphatic rings. The molecule has 3 rings (SSSR count). The Morgan fingerprint density at radius 1 is 0.964 bits per heavy atom. The summed E-state index contributed by atoms with van der Waals surface area (Å²) in [4.78, 5) is 13.6. The fourth-order valence-electron chi connectivity index (χ4n) is 3.04. The number of hydrogen-bond acceptors (Lipinski definition) is 4. The number of guanidine groups is 1. The molecule has 6 nitrogen and oxygen atoms in total. The van der Waals surface area contributed by atoms with Crippen LogP contribution >= 0.6 is 24.0 Å². The first kappa shape index (κ1) is 22.4. The van der Waals surface area contributed by atoms with Crippen molar-refractivity contribution in [3.63, 3.8) is 0 Å². The van der Waals surface area contributed by atoms with E-state index in [1.807, 2.05) is 6.20 Å². The van der Waals surface area contributed by atoms with E-state index in [2.05, 4.69) is 80.8 Å². The van der Waals surface area contributed by atoms with Crippen LogP contribution in [-0.4, -0.2) is 56.1 Å². The van der Waals surface area contributed by atoms with E-state index in [1.165, 1.54) is 11.1 Å². The van der Waals surface area contributed by atoms with E-state index in [1.54, 1.807) is 7.05 Å². The van der Waals surface area contributed by atoms with Crippen molar-refractivity contribution in [3.05, 3.63) is 59.3 Å². The average Bonchev–Trinajstić information content (AvgIpc) is 2.70. The standard InChI is InChI=1S/C21H30N6.HI/c1-17-4-6-18(7-5-17)14-24-21(22-2)25-16-19-8-9-20(23-15-19)27-12-10-26(3)11-13-27;/h4-9,15H,10-14,16H2,1-3H3,(H2,22,24,25);1H. The molecule has 0 aliphatic carbocycles. The van der Waals surface area contributed by atoms with E-state index in [0.717, 1.165) is 50.1 Å². The number of aryl methyl sites for hydroxylation is 1. The Labute approximate surface area is 185 Å². The van der Waals surface area contributed by atoms with E-state index in [-0.39, 0.29) is 24.0 Å². The number of likely N-dealkylation sites (N-methyl/N-ethyl adjacent to an activating group) is 1. The molecular formula is C21H31IN6. The highest BCUT2D eigenvalue weighted by Gasteiger charge is 2.14. The Bertz CT molecular complexity index is 736. The fraction of sp³-hybridized carbons (Fsp3) is 0.429. The number of benzene rings is 1. The summed E-state index contributed by atoms with van der Waals surface area (Å²) in [5.74, 6) is 1.85. The van der Waals surface area contributed by atoms with Gasteiger partial charge in [-0.3, -0.25) is 4.99 Å². The van der Waals surface area contributed by atoms with Crippen LogP contribution in [0.4, 0.5) is 5.82 Å². The molecule has 1 saturated heterocycles. The maximum Gasteiger partial charge on any atom is 0.191 e. The molecule has 0 bridgehead atoms. The molecule has 2 N–H and O–H groups in total. The van der Waals surface area contributed by atoms with Gasteiger partial charge in [-0.25, -0.2) is 4.98 Å². The lowest BCUT2D eigenvalue weighted by molar-refractivity contribution is 0.312. The maximum absolute atomic E-state index is 4.64. The molecule has 0 atom stereocenters. The van der Waals surface area contributed by atoms with Gasteiger partial charge in [-0.05, 0) is 31.2 Å². The van der Waals surface area contributed by atoms with Gasteiger partial charge in [0.1, 0.15) is 5.82 Å². The molecule has 0 spiro atoms. The summed E-state index contributed by atoms with van der Waals surface area (Å²) >= 11 is 0. The minimum atomic E-state index is 0. The van der Waals surface area contributed by atoms with Gasteiger partial charge in [-0.15, -0.1) is 24.0 Å². The van der Waals surface area contributed by atoms with E-state index in [9.17, 15) is 0 Å². The summed E-state index contributed by atoms with van der Waals surface area (Å²) in [6.07, 6.45) is 1.95. The molecular weight excluding hydrogens is 463 g/mol. The highest BCUT2D eigenvalue weighted by molar-refractivity contribution is 14.0. The van der Waals surface area contributed by atoms with Crippen LogP contribution in [0.25, 0.3) is 0 Å². The molecule has 1 fully saturated rings. The molecule has 1 aliphatic heterocycles. The van der Waals surface area contributed by atoms with Crippen LogP contribution in [0.5, 0.6) is 0 Å². The van der Waals surface area contributed by atoms with Crippen LogP contribution in [0.15, 0.2) is 47.6 Å². The molecule has 152 valence electrons. The number of nitrogens with one attached hydrogen (secondary N) is 2. The van der Waals surface area contributed by atoms with E-state index >= 15 is 0 Å². The second-order valence-corrected chi connectivity index (χ2v) is 7.08. The first-order valence-electron chi connectivity index (χ1n) is 9.52. The second kappa shape index (κ2) is 11.2.